The lowest BCUT2D eigenvalue weighted by Gasteiger charge is -2.12. The molecule has 0 spiro atoms. The van der Waals surface area contributed by atoms with Crippen LogP contribution in [0.15, 0.2) is 12.2 Å². The molecule has 1 amide bonds. The van der Waals surface area contributed by atoms with E-state index in [1.165, 1.54) is 19.3 Å². The minimum absolute atomic E-state index is 0.0735. The van der Waals surface area contributed by atoms with Crippen molar-refractivity contribution < 1.29 is 9.59 Å². The van der Waals surface area contributed by atoms with E-state index in [1.54, 1.807) is 12.2 Å². The molecule has 0 bridgehead atoms. The van der Waals surface area contributed by atoms with Gasteiger partial charge in [0.25, 0.3) is 0 Å². The van der Waals surface area contributed by atoms with Crippen LogP contribution in [0.5, 0.6) is 0 Å². The quantitative estimate of drug-likeness (QED) is 0.512. The van der Waals surface area contributed by atoms with Crippen LogP contribution in [0.1, 0.15) is 66.2 Å². The molecular formula is C16H29NO2. The van der Waals surface area contributed by atoms with Crippen molar-refractivity contribution in [1.82, 2.24) is 5.32 Å². The lowest BCUT2D eigenvalue weighted by molar-refractivity contribution is -0.122. The number of hydrogen-bond acceptors (Lipinski definition) is 2. The monoisotopic (exact) mass is 267 g/mol. The molecule has 0 heterocycles. The zero-order valence-electron chi connectivity index (χ0n) is 12.9. The van der Waals surface area contributed by atoms with E-state index in [0.29, 0.717) is 13.0 Å². The van der Waals surface area contributed by atoms with Crippen LogP contribution in [-0.4, -0.2) is 18.2 Å². The number of amides is 1. The Morgan fingerprint density at radius 1 is 1.05 bits per heavy atom. The fourth-order valence-electron chi connectivity index (χ4n) is 1.57. The molecular weight excluding hydrogens is 238 g/mol. The molecule has 110 valence electrons. The van der Waals surface area contributed by atoms with Crippen LogP contribution in [0.2, 0.25) is 0 Å². The molecule has 19 heavy (non-hydrogen) atoms. The molecule has 0 saturated carbocycles. The van der Waals surface area contributed by atoms with Gasteiger partial charge in [0.15, 0.2) is 5.78 Å². The van der Waals surface area contributed by atoms with Crippen molar-refractivity contribution in [2.24, 2.45) is 5.41 Å². The van der Waals surface area contributed by atoms with E-state index in [2.05, 4.69) is 12.2 Å². The molecule has 1 N–H and O–H groups in total. The third kappa shape index (κ3) is 10.5. The van der Waals surface area contributed by atoms with Gasteiger partial charge in [0.1, 0.15) is 0 Å². The topological polar surface area (TPSA) is 46.2 Å². The van der Waals surface area contributed by atoms with E-state index in [-0.39, 0.29) is 17.1 Å². The summed E-state index contributed by atoms with van der Waals surface area (Å²) in [6.45, 7) is 8.27. The van der Waals surface area contributed by atoms with Crippen LogP contribution in [-0.2, 0) is 9.59 Å². The highest BCUT2D eigenvalue weighted by atomic mass is 16.1. The fourth-order valence-corrected chi connectivity index (χ4v) is 1.57. The molecule has 0 atom stereocenters. The van der Waals surface area contributed by atoms with Gasteiger partial charge in [0.05, 0.1) is 0 Å². The Kier molecular flexibility index (Phi) is 9.19. The van der Waals surface area contributed by atoms with Gasteiger partial charge in [0, 0.05) is 18.4 Å². The molecule has 0 unspecified atom stereocenters. The zero-order chi connectivity index (χ0) is 14.7. The van der Waals surface area contributed by atoms with Crippen LogP contribution in [0, 0.1) is 5.41 Å². The maximum absolute atomic E-state index is 11.6. The number of nitrogens with one attached hydrogen (secondary N) is 1. The SMILES string of the molecule is CCCCCCCC(=O)NC/C=C/C(=O)C(C)(C)C. The first-order valence-corrected chi connectivity index (χ1v) is 7.35. The summed E-state index contributed by atoms with van der Waals surface area (Å²) in [5.41, 5.74) is -0.347. The van der Waals surface area contributed by atoms with Crippen LogP contribution in [0.4, 0.5) is 0 Å². The van der Waals surface area contributed by atoms with Crippen molar-refractivity contribution in [2.45, 2.75) is 66.2 Å². The number of hydrogen-bond donors (Lipinski definition) is 1. The lowest BCUT2D eigenvalue weighted by Crippen LogP contribution is -2.23. The largest absolute Gasteiger partial charge is 0.353 e. The summed E-state index contributed by atoms with van der Waals surface area (Å²) in [6, 6.07) is 0. The first-order chi connectivity index (χ1) is 8.88. The van der Waals surface area contributed by atoms with E-state index in [4.69, 9.17) is 0 Å². The standard InChI is InChI=1S/C16H29NO2/c1-5-6-7-8-9-12-15(19)17-13-10-11-14(18)16(2,3)4/h10-11H,5-9,12-13H2,1-4H3,(H,17,19)/b11-10+. The highest BCUT2D eigenvalue weighted by Gasteiger charge is 2.17. The van der Waals surface area contributed by atoms with Gasteiger partial charge in [-0.1, -0.05) is 59.5 Å². The van der Waals surface area contributed by atoms with Gasteiger partial charge in [-0.2, -0.15) is 0 Å². The number of rotatable bonds is 9. The first kappa shape index (κ1) is 17.9. The van der Waals surface area contributed by atoms with Crippen molar-refractivity contribution in [2.75, 3.05) is 6.54 Å². The van der Waals surface area contributed by atoms with Gasteiger partial charge in [-0.3, -0.25) is 9.59 Å². The summed E-state index contributed by atoms with van der Waals surface area (Å²) in [7, 11) is 0. The van der Waals surface area contributed by atoms with Crippen molar-refractivity contribution in [3.8, 4) is 0 Å². The molecule has 0 saturated heterocycles. The van der Waals surface area contributed by atoms with Gasteiger partial charge >= 0.3 is 0 Å². The van der Waals surface area contributed by atoms with Gasteiger partial charge in [-0.15, -0.1) is 0 Å². The molecule has 0 rings (SSSR count). The van der Waals surface area contributed by atoms with Gasteiger partial charge in [-0.05, 0) is 12.5 Å². The minimum Gasteiger partial charge on any atom is -0.353 e. The molecule has 3 nitrogen and oxygen atoms in total. The second-order valence-electron chi connectivity index (χ2n) is 5.98. The van der Waals surface area contributed by atoms with Crippen molar-refractivity contribution in [3.05, 3.63) is 12.2 Å². The number of carbonyl (C=O) groups excluding carboxylic acids is 2. The van der Waals surface area contributed by atoms with Crippen LogP contribution in [0.3, 0.4) is 0 Å². The minimum atomic E-state index is -0.347. The third-order valence-electron chi connectivity index (χ3n) is 2.93. The van der Waals surface area contributed by atoms with Gasteiger partial charge in [-0.25, -0.2) is 0 Å². The molecule has 0 aromatic carbocycles. The molecule has 0 aliphatic carbocycles. The lowest BCUT2D eigenvalue weighted by atomic mass is 9.91. The second kappa shape index (κ2) is 9.76. The smallest absolute Gasteiger partial charge is 0.220 e. The summed E-state index contributed by atoms with van der Waals surface area (Å²) >= 11 is 0. The Bertz CT molecular complexity index is 300. The van der Waals surface area contributed by atoms with E-state index in [9.17, 15) is 9.59 Å². The summed E-state index contributed by atoms with van der Waals surface area (Å²) in [4.78, 5) is 23.1. The fraction of sp³-hybridized carbons (Fsp3) is 0.750. The molecule has 0 radical (unpaired) electrons. The predicted molar refractivity (Wildman–Crippen MR) is 80.0 cm³/mol. The third-order valence-corrected chi connectivity index (χ3v) is 2.93. The van der Waals surface area contributed by atoms with Crippen molar-refractivity contribution >= 4 is 11.7 Å². The summed E-state index contributed by atoms with van der Waals surface area (Å²) in [6.07, 6.45) is 9.63. The number of ketones is 1. The van der Waals surface area contributed by atoms with Crippen molar-refractivity contribution in [3.63, 3.8) is 0 Å². The highest BCUT2D eigenvalue weighted by molar-refractivity contribution is 5.93. The molecule has 0 aromatic heterocycles. The zero-order valence-corrected chi connectivity index (χ0v) is 12.9. The second-order valence-corrected chi connectivity index (χ2v) is 5.98. The molecule has 0 fully saturated rings. The van der Waals surface area contributed by atoms with Crippen LogP contribution >= 0.6 is 0 Å². The molecule has 0 aromatic rings. The normalized spacial score (nSPS) is 11.8. The summed E-state index contributed by atoms with van der Waals surface area (Å²) < 4.78 is 0. The Labute approximate surface area is 117 Å². The summed E-state index contributed by atoms with van der Waals surface area (Å²) in [5, 5.41) is 2.80. The van der Waals surface area contributed by atoms with E-state index < -0.39 is 0 Å². The maximum Gasteiger partial charge on any atom is 0.220 e. The predicted octanol–water partition coefficient (Wildman–Crippen LogP) is 3.63. The van der Waals surface area contributed by atoms with Crippen molar-refractivity contribution in [1.29, 1.82) is 0 Å². The van der Waals surface area contributed by atoms with E-state index >= 15 is 0 Å². The summed E-state index contributed by atoms with van der Waals surface area (Å²) in [5.74, 6) is 0.158. The average Bonchev–Trinajstić information content (AvgIpc) is 2.33. The van der Waals surface area contributed by atoms with Crippen LogP contribution < -0.4 is 5.32 Å². The Balaban J connectivity index is 3.64. The van der Waals surface area contributed by atoms with E-state index in [1.807, 2.05) is 20.8 Å². The molecule has 0 aliphatic rings. The first-order valence-electron chi connectivity index (χ1n) is 7.35. The average molecular weight is 267 g/mol. The maximum atomic E-state index is 11.6. The van der Waals surface area contributed by atoms with Crippen LogP contribution in [0.25, 0.3) is 0 Å². The molecule has 3 heteroatoms. The van der Waals surface area contributed by atoms with Gasteiger partial charge < -0.3 is 5.32 Å². The Hall–Kier alpha value is -1.12. The van der Waals surface area contributed by atoms with Gasteiger partial charge in [0.2, 0.25) is 5.91 Å². The highest BCUT2D eigenvalue weighted by Crippen LogP contribution is 2.14. The number of carbonyl (C=O) groups is 2. The van der Waals surface area contributed by atoms with E-state index in [0.717, 1.165) is 12.8 Å². The molecule has 0 aliphatic heterocycles. The Morgan fingerprint density at radius 3 is 2.26 bits per heavy atom. The number of unbranched alkanes of at least 4 members (excludes halogenated alkanes) is 4. The Morgan fingerprint density at radius 2 is 1.68 bits per heavy atom. The number of allylic oxidation sites excluding steroid dienone is 1.